The number of aromatic amines is 1. The Morgan fingerprint density at radius 2 is 2.33 bits per heavy atom. The van der Waals surface area contributed by atoms with Crippen molar-refractivity contribution in [2.45, 2.75) is 13.8 Å². The Morgan fingerprint density at radius 3 is 2.78 bits per heavy atom. The largest absolute Gasteiger partial charge is 0.365 e. The van der Waals surface area contributed by atoms with E-state index in [1.54, 1.807) is 0 Å². The highest BCUT2D eigenvalue weighted by Crippen LogP contribution is 2.05. The quantitative estimate of drug-likeness (QED) is 0.587. The maximum absolute atomic E-state index is 3.10. The van der Waals surface area contributed by atoms with Crippen molar-refractivity contribution in [2.24, 2.45) is 0 Å². The third-order valence-electron chi connectivity index (χ3n) is 1.34. The van der Waals surface area contributed by atoms with Gasteiger partial charge in [-0.25, -0.2) is 0 Å². The molecule has 0 radical (unpaired) electrons. The van der Waals surface area contributed by atoms with Crippen molar-refractivity contribution in [3.05, 3.63) is 29.6 Å². The molecule has 0 unspecified atom stereocenters. The van der Waals surface area contributed by atoms with Gasteiger partial charge in [0, 0.05) is 11.9 Å². The smallest absolute Gasteiger partial charge is 0.0188 e. The van der Waals surface area contributed by atoms with Gasteiger partial charge in [0.25, 0.3) is 0 Å². The molecule has 1 aromatic heterocycles. The van der Waals surface area contributed by atoms with Crippen LogP contribution < -0.4 is 0 Å². The number of H-pyrrole nitrogens is 1. The zero-order valence-electron chi connectivity index (χ0n) is 5.81. The van der Waals surface area contributed by atoms with E-state index in [9.17, 15) is 0 Å². The Labute approximate surface area is 55.4 Å². The van der Waals surface area contributed by atoms with E-state index >= 15 is 0 Å². The van der Waals surface area contributed by atoms with Gasteiger partial charge in [0.2, 0.25) is 0 Å². The highest BCUT2D eigenvalue weighted by molar-refractivity contribution is 5.51. The Balaban J connectivity index is 2.94. The fourth-order valence-electron chi connectivity index (χ4n) is 0.825. The van der Waals surface area contributed by atoms with Gasteiger partial charge >= 0.3 is 0 Å². The predicted molar refractivity (Wildman–Crippen MR) is 40.2 cm³/mol. The zero-order valence-corrected chi connectivity index (χ0v) is 5.81. The molecule has 0 fully saturated rings. The highest BCUT2D eigenvalue weighted by Gasteiger charge is 1.89. The van der Waals surface area contributed by atoms with E-state index in [-0.39, 0.29) is 0 Å². The normalized spacial score (nSPS) is 10.9. The molecule has 0 saturated heterocycles. The number of nitrogens with one attached hydrogen (secondary N) is 1. The molecule has 0 aromatic carbocycles. The van der Waals surface area contributed by atoms with Crippen LogP contribution in [0.15, 0.2) is 18.3 Å². The van der Waals surface area contributed by atoms with Crippen LogP contribution in [-0.2, 0) is 0 Å². The van der Waals surface area contributed by atoms with Gasteiger partial charge in [0.15, 0.2) is 0 Å². The van der Waals surface area contributed by atoms with Crippen molar-refractivity contribution in [3.63, 3.8) is 0 Å². The number of hydrogen-bond donors (Lipinski definition) is 1. The van der Waals surface area contributed by atoms with Crippen LogP contribution in [0, 0.1) is 6.92 Å². The molecule has 0 aliphatic rings. The Bertz CT molecular complexity index is 208. The van der Waals surface area contributed by atoms with Crippen LogP contribution in [0.1, 0.15) is 18.2 Å². The number of hydrogen-bond acceptors (Lipinski definition) is 0. The molecule has 1 rings (SSSR count). The molecule has 9 heavy (non-hydrogen) atoms. The lowest BCUT2D eigenvalue weighted by molar-refractivity contribution is 1.26. The fourth-order valence-corrected chi connectivity index (χ4v) is 0.825. The second kappa shape index (κ2) is 2.53. The summed E-state index contributed by atoms with van der Waals surface area (Å²) in [5.74, 6) is 0. The topological polar surface area (TPSA) is 15.8 Å². The summed E-state index contributed by atoms with van der Waals surface area (Å²) in [7, 11) is 0. The molecular weight excluding hydrogens is 110 g/mol. The van der Waals surface area contributed by atoms with Crippen LogP contribution in [0.5, 0.6) is 0 Å². The van der Waals surface area contributed by atoms with E-state index in [4.69, 9.17) is 0 Å². The van der Waals surface area contributed by atoms with E-state index in [2.05, 4.69) is 24.1 Å². The van der Waals surface area contributed by atoms with E-state index < -0.39 is 0 Å². The van der Waals surface area contributed by atoms with Gasteiger partial charge in [0.1, 0.15) is 0 Å². The minimum atomic E-state index is 1.23. The monoisotopic (exact) mass is 121 g/mol. The van der Waals surface area contributed by atoms with Crippen molar-refractivity contribution >= 4 is 6.08 Å². The van der Waals surface area contributed by atoms with Crippen molar-refractivity contribution in [2.75, 3.05) is 0 Å². The minimum absolute atomic E-state index is 1.23. The van der Waals surface area contributed by atoms with Crippen molar-refractivity contribution < 1.29 is 0 Å². The number of aryl methyl sites for hydroxylation is 1. The number of rotatable bonds is 1. The number of aromatic nitrogens is 1. The van der Waals surface area contributed by atoms with Gasteiger partial charge in [-0.3, -0.25) is 0 Å². The summed E-state index contributed by atoms with van der Waals surface area (Å²) < 4.78 is 0. The van der Waals surface area contributed by atoms with Crippen LogP contribution in [0.2, 0.25) is 0 Å². The molecule has 0 aliphatic carbocycles. The summed E-state index contributed by atoms with van der Waals surface area (Å²) in [5, 5.41) is 0. The first kappa shape index (κ1) is 6.14. The van der Waals surface area contributed by atoms with Crippen LogP contribution in [0.25, 0.3) is 6.08 Å². The van der Waals surface area contributed by atoms with Gasteiger partial charge < -0.3 is 4.98 Å². The average Bonchev–Trinajstić information content (AvgIpc) is 2.18. The van der Waals surface area contributed by atoms with Crippen LogP contribution in [0.4, 0.5) is 0 Å². The molecule has 0 aliphatic heterocycles. The van der Waals surface area contributed by atoms with Crippen molar-refractivity contribution in [1.29, 1.82) is 0 Å². The van der Waals surface area contributed by atoms with Crippen molar-refractivity contribution in [1.82, 2.24) is 4.98 Å². The maximum atomic E-state index is 3.10. The lowest BCUT2D eigenvalue weighted by Crippen LogP contribution is -1.71. The maximum Gasteiger partial charge on any atom is 0.0188 e. The second-order valence-electron chi connectivity index (χ2n) is 2.06. The summed E-state index contributed by atoms with van der Waals surface area (Å²) in [5.41, 5.74) is 2.51. The first-order valence-corrected chi connectivity index (χ1v) is 3.11. The molecule has 1 nitrogen and oxygen atoms in total. The molecule has 0 bridgehead atoms. The predicted octanol–water partition coefficient (Wildman–Crippen LogP) is 2.36. The standard InChI is InChI=1S/C8H11N/c1-3-4-8-5-6-9-7(8)2/h3-6,9H,1-2H3/b4-3+. The van der Waals surface area contributed by atoms with E-state index in [1.807, 2.05) is 19.2 Å². The minimum Gasteiger partial charge on any atom is -0.365 e. The van der Waals surface area contributed by atoms with E-state index in [0.29, 0.717) is 0 Å². The summed E-state index contributed by atoms with van der Waals surface area (Å²) in [4.78, 5) is 3.10. The van der Waals surface area contributed by atoms with E-state index in [1.165, 1.54) is 11.3 Å². The summed E-state index contributed by atoms with van der Waals surface area (Å²) in [6.07, 6.45) is 6.08. The molecule has 1 N–H and O–H groups in total. The van der Waals surface area contributed by atoms with Gasteiger partial charge in [-0.05, 0) is 25.5 Å². The molecule has 1 aromatic rings. The highest BCUT2D eigenvalue weighted by atomic mass is 14.7. The summed E-state index contributed by atoms with van der Waals surface area (Å²) >= 11 is 0. The molecule has 0 atom stereocenters. The molecule has 0 amide bonds. The lowest BCUT2D eigenvalue weighted by Gasteiger charge is -1.85. The van der Waals surface area contributed by atoms with Gasteiger partial charge in [-0.2, -0.15) is 0 Å². The zero-order chi connectivity index (χ0) is 6.69. The van der Waals surface area contributed by atoms with Crippen LogP contribution in [-0.4, -0.2) is 4.98 Å². The third kappa shape index (κ3) is 1.22. The third-order valence-corrected chi connectivity index (χ3v) is 1.34. The Hall–Kier alpha value is -0.980. The molecular formula is C8H11N. The van der Waals surface area contributed by atoms with Gasteiger partial charge in [0.05, 0.1) is 0 Å². The molecule has 1 heterocycles. The Morgan fingerprint density at radius 1 is 1.56 bits per heavy atom. The second-order valence-corrected chi connectivity index (χ2v) is 2.06. The first-order valence-electron chi connectivity index (χ1n) is 3.11. The lowest BCUT2D eigenvalue weighted by atomic mass is 10.2. The SMILES string of the molecule is C/C=C/c1cc[nH]c1C. The first-order chi connectivity index (χ1) is 4.34. The number of allylic oxidation sites excluding steroid dienone is 1. The van der Waals surface area contributed by atoms with E-state index in [0.717, 1.165) is 0 Å². The van der Waals surface area contributed by atoms with Gasteiger partial charge in [-0.15, -0.1) is 0 Å². The van der Waals surface area contributed by atoms with Crippen molar-refractivity contribution in [3.8, 4) is 0 Å². The summed E-state index contributed by atoms with van der Waals surface area (Å²) in [6.45, 7) is 4.09. The molecule has 0 spiro atoms. The Kier molecular flexibility index (Phi) is 1.73. The molecule has 48 valence electrons. The van der Waals surface area contributed by atoms with Crippen LogP contribution >= 0.6 is 0 Å². The van der Waals surface area contributed by atoms with Crippen LogP contribution in [0.3, 0.4) is 0 Å². The van der Waals surface area contributed by atoms with Gasteiger partial charge in [-0.1, -0.05) is 12.2 Å². The average molecular weight is 121 g/mol. The fraction of sp³-hybridized carbons (Fsp3) is 0.250. The molecule has 1 heteroatoms. The molecule has 0 saturated carbocycles. The summed E-state index contributed by atoms with van der Waals surface area (Å²) in [6, 6.07) is 2.06.